The molecule has 1 heterocycles. The molecule has 0 spiro atoms. The Morgan fingerprint density at radius 1 is 1.35 bits per heavy atom. The number of nitrogens with two attached hydrogens (primary N) is 1. The van der Waals surface area contributed by atoms with Crippen molar-refractivity contribution in [2.75, 3.05) is 19.1 Å². The minimum absolute atomic E-state index is 0.163. The fourth-order valence-corrected chi connectivity index (χ4v) is 3.00. The number of sulfone groups is 1. The molecule has 0 saturated carbocycles. The van der Waals surface area contributed by atoms with Crippen molar-refractivity contribution in [3.63, 3.8) is 0 Å². The Bertz CT molecular complexity index is 1060. The fraction of sp³-hybridized carbons (Fsp3) is 0.133. The minimum atomic E-state index is -3.94. The smallest absolute Gasteiger partial charge is 0.342 e. The normalized spacial score (nSPS) is 10.8. The van der Waals surface area contributed by atoms with Crippen molar-refractivity contribution in [3.8, 4) is 17.3 Å². The number of aromatic nitrogens is 1. The maximum Gasteiger partial charge on any atom is 0.342 e. The van der Waals surface area contributed by atoms with Gasteiger partial charge in [0.1, 0.15) is 17.2 Å². The zero-order valence-corrected chi connectivity index (χ0v) is 14.4. The quantitative estimate of drug-likeness (QED) is 0.470. The summed E-state index contributed by atoms with van der Waals surface area (Å²) in [5.74, 6) is -0.931. The van der Waals surface area contributed by atoms with E-state index in [-0.39, 0.29) is 22.5 Å². The molecular weight excluding hydrogens is 364 g/mol. The van der Waals surface area contributed by atoms with Crippen molar-refractivity contribution >= 4 is 27.2 Å². The monoisotopic (exact) mass is 376 g/mol. The summed E-state index contributed by atoms with van der Waals surface area (Å²) in [7, 11) is -2.86. The lowest BCUT2D eigenvalue weighted by Gasteiger charge is -2.14. The highest BCUT2D eigenvalue weighted by molar-refractivity contribution is 7.90. The second-order valence-electron chi connectivity index (χ2n) is 5.11. The minimum Gasteiger partial charge on any atom is -0.465 e. The molecule has 0 amide bonds. The third-order valence-corrected chi connectivity index (χ3v) is 4.40. The molecule has 0 unspecified atom stereocenters. The van der Waals surface area contributed by atoms with Crippen LogP contribution >= 0.6 is 0 Å². The number of nitro groups is 1. The van der Waals surface area contributed by atoms with Crippen LogP contribution in [-0.4, -0.2) is 37.7 Å². The summed E-state index contributed by atoms with van der Waals surface area (Å²) in [5.41, 5.74) is 4.49. The van der Waals surface area contributed by atoms with E-state index in [0.717, 1.165) is 25.5 Å². The molecule has 1 aromatic carbocycles. The number of ether oxygens (including phenoxy) is 1. The number of esters is 1. The SMILES string of the molecule is COC(=O)c1c(-c2ccc([N+](=O)[O-])cc2)nc(S(C)(=O)=O)c(C#N)c1N. The van der Waals surface area contributed by atoms with Gasteiger partial charge in [0.15, 0.2) is 14.9 Å². The number of carbonyl (C=O) groups excluding carboxylic acids is 1. The number of nitro benzene ring substituents is 1. The van der Waals surface area contributed by atoms with Gasteiger partial charge in [-0.3, -0.25) is 10.1 Å². The number of nitriles is 1. The number of hydrogen-bond donors (Lipinski definition) is 1. The molecule has 0 aliphatic carbocycles. The first-order valence-electron chi connectivity index (χ1n) is 6.88. The van der Waals surface area contributed by atoms with Gasteiger partial charge in [0.2, 0.25) is 0 Å². The number of anilines is 1. The summed E-state index contributed by atoms with van der Waals surface area (Å²) in [6.45, 7) is 0. The Labute approximate surface area is 147 Å². The summed E-state index contributed by atoms with van der Waals surface area (Å²) in [4.78, 5) is 26.2. The number of benzene rings is 1. The van der Waals surface area contributed by atoms with E-state index >= 15 is 0 Å². The molecular formula is C15H12N4O6S. The number of nitrogen functional groups attached to an aromatic ring is 1. The molecule has 1 aromatic heterocycles. The average Bonchev–Trinajstić information content (AvgIpc) is 2.59. The molecule has 2 N–H and O–H groups in total. The molecule has 0 saturated heterocycles. The van der Waals surface area contributed by atoms with Gasteiger partial charge >= 0.3 is 5.97 Å². The van der Waals surface area contributed by atoms with Crippen LogP contribution in [0.3, 0.4) is 0 Å². The van der Waals surface area contributed by atoms with Crippen LogP contribution in [0.5, 0.6) is 0 Å². The van der Waals surface area contributed by atoms with Gasteiger partial charge in [-0.05, 0) is 12.1 Å². The summed E-state index contributed by atoms with van der Waals surface area (Å²) in [5, 5.41) is 19.4. The third kappa shape index (κ3) is 3.31. The van der Waals surface area contributed by atoms with Crippen LogP contribution in [0.2, 0.25) is 0 Å². The van der Waals surface area contributed by atoms with E-state index in [1.54, 1.807) is 6.07 Å². The number of nitrogens with zero attached hydrogens (tertiary/aromatic N) is 3. The second kappa shape index (κ2) is 6.77. The van der Waals surface area contributed by atoms with E-state index < -0.39 is 37.0 Å². The summed E-state index contributed by atoms with van der Waals surface area (Å²) in [6.07, 6.45) is 0.840. The van der Waals surface area contributed by atoms with E-state index in [4.69, 9.17) is 5.73 Å². The molecule has 0 aliphatic heterocycles. The van der Waals surface area contributed by atoms with Gasteiger partial charge in [-0.1, -0.05) is 0 Å². The van der Waals surface area contributed by atoms with Crippen molar-refractivity contribution in [1.82, 2.24) is 4.98 Å². The van der Waals surface area contributed by atoms with Crippen LogP contribution in [0.1, 0.15) is 15.9 Å². The van der Waals surface area contributed by atoms with Gasteiger partial charge in [0.05, 0.1) is 23.4 Å². The Morgan fingerprint density at radius 3 is 2.35 bits per heavy atom. The molecule has 0 atom stereocenters. The maximum atomic E-state index is 12.1. The van der Waals surface area contributed by atoms with E-state index in [1.165, 1.54) is 12.1 Å². The number of methoxy groups -OCH3 is 1. The highest BCUT2D eigenvalue weighted by atomic mass is 32.2. The Kier molecular flexibility index (Phi) is 4.90. The second-order valence-corrected chi connectivity index (χ2v) is 7.04. The topological polar surface area (TPSA) is 166 Å². The van der Waals surface area contributed by atoms with Gasteiger partial charge in [0.25, 0.3) is 5.69 Å². The van der Waals surface area contributed by atoms with Crippen LogP contribution in [0, 0.1) is 21.4 Å². The zero-order valence-electron chi connectivity index (χ0n) is 13.6. The standard InChI is InChI=1S/C15H12N4O6S/c1-25-15(20)11-12(17)10(7-16)14(26(2,23)24)18-13(11)8-3-5-9(6-4-8)19(21)22/h3-6H,1-2H3,(H2,17,18). The van der Waals surface area contributed by atoms with Crippen molar-refractivity contribution in [2.45, 2.75) is 5.03 Å². The van der Waals surface area contributed by atoms with Gasteiger partial charge in [-0.15, -0.1) is 0 Å². The lowest BCUT2D eigenvalue weighted by atomic mass is 10.0. The molecule has 26 heavy (non-hydrogen) atoms. The highest BCUT2D eigenvalue weighted by Crippen LogP contribution is 2.33. The molecule has 0 bridgehead atoms. The summed E-state index contributed by atoms with van der Waals surface area (Å²) >= 11 is 0. The van der Waals surface area contributed by atoms with Crippen LogP contribution < -0.4 is 5.73 Å². The number of rotatable bonds is 4. The fourth-order valence-electron chi connectivity index (χ4n) is 2.22. The van der Waals surface area contributed by atoms with Gasteiger partial charge < -0.3 is 10.5 Å². The molecule has 2 rings (SSSR count). The molecule has 0 aliphatic rings. The predicted octanol–water partition coefficient (Wildman–Crippen LogP) is 1.30. The first-order valence-corrected chi connectivity index (χ1v) is 8.77. The molecule has 2 aromatic rings. The van der Waals surface area contributed by atoms with Gasteiger partial charge in [-0.2, -0.15) is 5.26 Å². The van der Waals surface area contributed by atoms with E-state index in [2.05, 4.69) is 9.72 Å². The molecule has 10 nitrogen and oxygen atoms in total. The number of carbonyl (C=O) groups is 1. The van der Waals surface area contributed by atoms with Crippen LogP contribution in [0.25, 0.3) is 11.3 Å². The first kappa shape index (κ1) is 18.8. The van der Waals surface area contributed by atoms with Crippen LogP contribution in [0.15, 0.2) is 29.3 Å². The molecule has 0 fully saturated rings. The molecule has 0 radical (unpaired) electrons. The van der Waals surface area contributed by atoms with E-state index in [9.17, 15) is 28.6 Å². The Hall–Kier alpha value is -3.52. The lowest BCUT2D eigenvalue weighted by Crippen LogP contribution is -2.15. The zero-order chi connectivity index (χ0) is 19.6. The average molecular weight is 376 g/mol. The van der Waals surface area contributed by atoms with Crippen LogP contribution in [0.4, 0.5) is 11.4 Å². The maximum absolute atomic E-state index is 12.1. The molecule has 134 valence electrons. The molecule has 11 heteroatoms. The summed E-state index contributed by atoms with van der Waals surface area (Å²) < 4.78 is 28.6. The highest BCUT2D eigenvalue weighted by Gasteiger charge is 2.28. The summed E-state index contributed by atoms with van der Waals surface area (Å²) in [6, 6.07) is 6.51. The van der Waals surface area contributed by atoms with Gasteiger partial charge in [-0.25, -0.2) is 18.2 Å². The third-order valence-electron chi connectivity index (χ3n) is 3.41. The van der Waals surface area contributed by atoms with Crippen molar-refractivity contribution in [2.24, 2.45) is 0 Å². The number of hydrogen-bond acceptors (Lipinski definition) is 9. The van der Waals surface area contributed by atoms with E-state index in [0.29, 0.717) is 0 Å². The largest absolute Gasteiger partial charge is 0.465 e. The number of pyridine rings is 1. The van der Waals surface area contributed by atoms with Crippen molar-refractivity contribution < 1.29 is 22.9 Å². The van der Waals surface area contributed by atoms with Gasteiger partial charge in [0, 0.05) is 24.0 Å². The first-order chi connectivity index (χ1) is 12.1. The Balaban J connectivity index is 2.90. The number of non-ortho nitro benzene ring substituents is 1. The van der Waals surface area contributed by atoms with Crippen LogP contribution in [-0.2, 0) is 14.6 Å². The van der Waals surface area contributed by atoms with E-state index in [1.807, 2.05) is 0 Å². The van der Waals surface area contributed by atoms with Crippen molar-refractivity contribution in [1.29, 1.82) is 5.26 Å². The van der Waals surface area contributed by atoms with Crippen molar-refractivity contribution in [3.05, 3.63) is 45.5 Å². The predicted molar refractivity (Wildman–Crippen MR) is 89.9 cm³/mol. The lowest BCUT2D eigenvalue weighted by molar-refractivity contribution is -0.384. The Morgan fingerprint density at radius 2 is 1.92 bits per heavy atom.